The van der Waals surface area contributed by atoms with Crippen molar-refractivity contribution in [3.05, 3.63) is 51.2 Å². The van der Waals surface area contributed by atoms with Crippen molar-refractivity contribution in [2.75, 3.05) is 33.0 Å². The maximum absolute atomic E-state index is 10.9. The highest BCUT2D eigenvalue weighted by Crippen LogP contribution is 2.46. The Morgan fingerprint density at radius 3 is 2.59 bits per heavy atom. The van der Waals surface area contributed by atoms with Gasteiger partial charge in [-0.25, -0.2) is 15.0 Å². The molecule has 0 saturated heterocycles. The number of ether oxygens (including phenoxy) is 1. The van der Waals surface area contributed by atoms with Crippen molar-refractivity contribution in [1.82, 2.24) is 10.0 Å². The molecule has 0 fully saturated rings. The standard InChI is InChI=1S/C26H39N5O2S/c1-9-10-21(19-13-20(14-28-7)24(27)29-15-19)30-25-23(18(6)16(2)3)22(17(4)5)26(34-25)31(32)11-12-33-8/h10,13-17,32H,9,11-12H2,1-8H3,(H2,27,29)/b21-10+,23-18+,28-14?,30-25-. The van der Waals surface area contributed by atoms with E-state index in [0.29, 0.717) is 24.9 Å². The Morgan fingerprint density at radius 2 is 2.03 bits per heavy atom. The Bertz CT molecular complexity index is 1020. The molecule has 0 aliphatic carbocycles. The number of nitrogens with zero attached hydrogens (tertiary/aromatic N) is 4. The number of hydrogen-bond donors (Lipinski definition) is 2. The van der Waals surface area contributed by atoms with Crippen LogP contribution in [0.1, 0.15) is 59.1 Å². The van der Waals surface area contributed by atoms with E-state index in [4.69, 9.17) is 15.5 Å². The van der Waals surface area contributed by atoms with E-state index >= 15 is 0 Å². The number of nitrogens with two attached hydrogens (primary N) is 1. The second-order valence-electron chi connectivity index (χ2n) is 8.80. The van der Waals surface area contributed by atoms with Gasteiger partial charge in [-0.15, -0.1) is 0 Å². The van der Waals surface area contributed by atoms with Crippen molar-refractivity contribution in [2.24, 2.45) is 21.8 Å². The smallest absolute Gasteiger partial charge is 0.132 e. The van der Waals surface area contributed by atoms with E-state index in [1.165, 1.54) is 22.4 Å². The Kier molecular flexibility index (Phi) is 10.5. The predicted molar refractivity (Wildman–Crippen MR) is 145 cm³/mol. The second-order valence-corrected chi connectivity index (χ2v) is 9.78. The third kappa shape index (κ3) is 6.58. The molecule has 1 aliphatic heterocycles. The first kappa shape index (κ1) is 27.8. The molecular weight excluding hydrogens is 446 g/mol. The summed E-state index contributed by atoms with van der Waals surface area (Å²) in [6.45, 7) is 13.7. The Hall–Kier alpha value is -2.42. The van der Waals surface area contributed by atoms with Gasteiger partial charge in [-0.05, 0) is 48.6 Å². The lowest BCUT2D eigenvalue weighted by Crippen LogP contribution is -2.22. The fraction of sp³-hybridized carbons (Fsp3) is 0.500. The Morgan fingerprint density at radius 1 is 1.32 bits per heavy atom. The SMILES string of the molecule is CC/C=C(/N=C1\SC(N(O)CCOC)=C(C(C)C)\C1=C(\C)C(C)C)c1cnc(N)c(C=NC)c1. The zero-order chi connectivity index (χ0) is 25.4. The molecule has 7 nitrogen and oxygen atoms in total. The van der Waals surface area contributed by atoms with E-state index in [1.807, 2.05) is 6.07 Å². The lowest BCUT2D eigenvalue weighted by Gasteiger charge is -2.21. The number of rotatable bonds is 10. The summed E-state index contributed by atoms with van der Waals surface area (Å²) >= 11 is 1.51. The number of hydrogen-bond acceptors (Lipinski definition) is 8. The fourth-order valence-electron chi connectivity index (χ4n) is 3.58. The van der Waals surface area contributed by atoms with Crippen LogP contribution in [0.4, 0.5) is 5.82 Å². The molecule has 2 rings (SSSR count). The fourth-order valence-corrected chi connectivity index (χ4v) is 4.93. The van der Waals surface area contributed by atoms with Gasteiger partial charge < -0.3 is 10.5 Å². The minimum atomic E-state index is 0.209. The van der Waals surface area contributed by atoms with Crippen molar-refractivity contribution in [3.63, 3.8) is 0 Å². The molecule has 3 N–H and O–H groups in total. The average Bonchev–Trinajstić information content (AvgIpc) is 3.17. The molecular formula is C26H39N5O2S. The quantitative estimate of drug-likeness (QED) is 0.322. The monoisotopic (exact) mass is 485 g/mol. The number of nitrogen functional groups attached to an aromatic ring is 1. The van der Waals surface area contributed by atoms with Crippen molar-refractivity contribution in [3.8, 4) is 0 Å². The van der Waals surface area contributed by atoms with Crippen molar-refractivity contribution in [2.45, 2.75) is 48.0 Å². The molecule has 0 unspecified atom stereocenters. The topological polar surface area (TPSA) is 96.3 Å². The van der Waals surface area contributed by atoms with Crippen LogP contribution in [0.25, 0.3) is 5.70 Å². The number of aliphatic imine (C=N–C) groups is 2. The summed E-state index contributed by atoms with van der Waals surface area (Å²) in [5.74, 6) is 0.980. The van der Waals surface area contributed by atoms with E-state index in [9.17, 15) is 5.21 Å². The van der Waals surface area contributed by atoms with E-state index in [-0.39, 0.29) is 5.92 Å². The van der Waals surface area contributed by atoms with E-state index in [2.05, 4.69) is 57.6 Å². The zero-order valence-electron chi connectivity index (χ0n) is 21.7. The summed E-state index contributed by atoms with van der Waals surface area (Å²) < 4.78 is 5.19. The number of aromatic nitrogens is 1. The summed E-state index contributed by atoms with van der Waals surface area (Å²) in [4.78, 5) is 13.6. The summed E-state index contributed by atoms with van der Waals surface area (Å²) in [6, 6.07) is 1.97. The van der Waals surface area contributed by atoms with Crippen LogP contribution in [-0.4, -0.2) is 53.8 Å². The highest BCUT2D eigenvalue weighted by Gasteiger charge is 2.34. The summed E-state index contributed by atoms with van der Waals surface area (Å²) in [5, 5.41) is 13.9. The van der Waals surface area contributed by atoms with Crippen molar-refractivity contribution in [1.29, 1.82) is 0 Å². The van der Waals surface area contributed by atoms with Gasteiger partial charge in [0, 0.05) is 43.3 Å². The molecule has 1 aromatic rings. The molecule has 1 aromatic heterocycles. The predicted octanol–water partition coefficient (Wildman–Crippen LogP) is 5.79. The van der Waals surface area contributed by atoms with E-state index in [0.717, 1.165) is 44.5 Å². The number of pyridine rings is 1. The maximum Gasteiger partial charge on any atom is 0.132 e. The molecule has 0 radical (unpaired) electrons. The second kappa shape index (κ2) is 12.9. The molecule has 0 atom stereocenters. The molecule has 34 heavy (non-hydrogen) atoms. The minimum Gasteiger partial charge on any atom is -0.383 e. The first-order valence-electron chi connectivity index (χ1n) is 11.7. The van der Waals surface area contributed by atoms with Crippen LogP contribution in [-0.2, 0) is 4.74 Å². The van der Waals surface area contributed by atoms with E-state index < -0.39 is 0 Å². The van der Waals surface area contributed by atoms with Crippen LogP contribution in [0.3, 0.4) is 0 Å². The Balaban J connectivity index is 2.69. The van der Waals surface area contributed by atoms with Gasteiger partial charge in [-0.3, -0.25) is 10.2 Å². The molecule has 0 spiro atoms. The zero-order valence-corrected chi connectivity index (χ0v) is 22.5. The van der Waals surface area contributed by atoms with Gasteiger partial charge in [0.15, 0.2) is 0 Å². The van der Waals surface area contributed by atoms with Gasteiger partial charge in [0.2, 0.25) is 0 Å². The van der Waals surface area contributed by atoms with Gasteiger partial charge >= 0.3 is 0 Å². The van der Waals surface area contributed by atoms with Crippen molar-refractivity contribution < 1.29 is 9.94 Å². The summed E-state index contributed by atoms with van der Waals surface area (Å²) in [5.41, 5.74) is 12.0. The summed E-state index contributed by atoms with van der Waals surface area (Å²) in [7, 11) is 3.34. The van der Waals surface area contributed by atoms with Gasteiger partial charge in [0.05, 0.1) is 18.8 Å². The normalized spacial score (nSPS) is 17.7. The molecule has 0 saturated carbocycles. The lowest BCUT2D eigenvalue weighted by atomic mass is 9.89. The molecule has 0 bridgehead atoms. The van der Waals surface area contributed by atoms with Crippen molar-refractivity contribution >= 4 is 34.5 Å². The van der Waals surface area contributed by atoms with Gasteiger partial charge in [-0.1, -0.05) is 46.3 Å². The molecule has 2 heterocycles. The highest BCUT2D eigenvalue weighted by atomic mass is 32.2. The molecule has 0 aromatic carbocycles. The van der Waals surface area contributed by atoms with Crippen LogP contribution >= 0.6 is 11.8 Å². The van der Waals surface area contributed by atoms with Gasteiger partial charge in [0.1, 0.15) is 15.9 Å². The molecule has 186 valence electrons. The molecule has 0 amide bonds. The minimum absolute atomic E-state index is 0.209. The molecule has 8 heteroatoms. The van der Waals surface area contributed by atoms with Crippen LogP contribution in [0.15, 0.2) is 50.1 Å². The van der Waals surface area contributed by atoms with Crippen LogP contribution in [0.5, 0.6) is 0 Å². The third-order valence-electron chi connectivity index (χ3n) is 5.62. The maximum atomic E-state index is 10.9. The number of methoxy groups -OCH3 is 1. The lowest BCUT2D eigenvalue weighted by molar-refractivity contribution is -0.0596. The highest BCUT2D eigenvalue weighted by molar-refractivity contribution is 8.18. The number of hydroxylamine groups is 2. The molecule has 1 aliphatic rings. The average molecular weight is 486 g/mol. The van der Waals surface area contributed by atoms with Crippen LogP contribution < -0.4 is 5.73 Å². The first-order valence-corrected chi connectivity index (χ1v) is 12.5. The summed E-state index contributed by atoms with van der Waals surface area (Å²) in [6.07, 6.45) is 6.36. The van der Waals surface area contributed by atoms with Crippen LogP contribution in [0.2, 0.25) is 0 Å². The first-order chi connectivity index (χ1) is 16.2. The Labute approximate surface area is 208 Å². The third-order valence-corrected chi connectivity index (χ3v) is 6.73. The van der Waals surface area contributed by atoms with Gasteiger partial charge in [0.25, 0.3) is 0 Å². The van der Waals surface area contributed by atoms with E-state index in [1.54, 1.807) is 26.6 Å². The van der Waals surface area contributed by atoms with Crippen LogP contribution in [0, 0.1) is 11.8 Å². The van der Waals surface area contributed by atoms with Gasteiger partial charge in [-0.2, -0.15) is 0 Å². The number of thioether (sulfide) groups is 1. The number of anilines is 1. The largest absolute Gasteiger partial charge is 0.383 e. The number of allylic oxidation sites excluding steroid dienone is 3.